The molecule has 0 rings (SSSR count). The third-order valence-corrected chi connectivity index (χ3v) is 0.639. The first-order valence-electron chi connectivity index (χ1n) is 2.58. The van der Waals surface area contributed by atoms with E-state index in [2.05, 4.69) is 6.58 Å². The van der Waals surface area contributed by atoms with Crippen molar-refractivity contribution in [3.63, 3.8) is 0 Å². The molecule has 0 aliphatic heterocycles. The predicted octanol–water partition coefficient (Wildman–Crippen LogP) is 1.26. The minimum absolute atomic E-state index is 0.102. The zero-order valence-electron chi connectivity index (χ0n) is 5.32. The van der Waals surface area contributed by atoms with Crippen LogP contribution in [0.1, 0.15) is 0 Å². The quantitative estimate of drug-likeness (QED) is 0.352. The van der Waals surface area contributed by atoms with Crippen LogP contribution in [0.4, 0.5) is 0 Å². The lowest BCUT2D eigenvalue weighted by atomic mass is 10.4. The summed E-state index contributed by atoms with van der Waals surface area (Å²) >= 11 is 0. The molecule has 0 aliphatic carbocycles. The van der Waals surface area contributed by atoms with Gasteiger partial charge in [0.1, 0.15) is 5.76 Å². The topological polar surface area (TPSA) is 57.5 Å². The van der Waals surface area contributed by atoms with Crippen molar-refractivity contribution in [3.05, 3.63) is 36.6 Å². The Hall–Kier alpha value is -1.51. The molecule has 0 atom stereocenters. The van der Waals surface area contributed by atoms with Gasteiger partial charge in [-0.1, -0.05) is 18.7 Å². The van der Waals surface area contributed by atoms with Crippen molar-refractivity contribution in [2.75, 3.05) is 0 Å². The number of hydrogen-bond donors (Lipinski definition) is 2. The van der Waals surface area contributed by atoms with Gasteiger partial charge in [-0.05, 0) is 6.08 Å². The van der Waals surface area contributed by atoms with Gasteiger partial charge in [-0.15, -0.1) is 0 Å². The lowest BCUT2D eigenvalue weighted by Crippen LogP contribution is -1.84. The molecule has 0 aromatic heterocycles. The van der Waals surface area contributed by atoms with E-state index >= 15 is 0 Å². The summed E-state index contributed by atoms with van der Waals surface area (Å²) < 4.78 is 0. The van der Waals surface area contributed by atoms with Crippen LogP contribution >= 0.6 is 0 Å². The molecule has 10 heavy (non-hydrogen) atoms. The van der Waals surface area contributed by atoms with Crippen LogP contribution in [0, 0.1) is 0 Å². The normalized spacial score (nSPS) is 10.8. The van der Waals surface area contributed by atoms with E-state index in [4.69, 9.17) is 10.2 Å². The minimum atomic E-state index is -1.02. The minimum Gasteiger partial charge on any atom is -0.509 e. The van der Waals surface area contributed by atoms with Gasteiger partial charge in [0.15, 0.2) is 0 Å². The molecule has 3 nitrogen and oxygen atoms in total. The first-order valence-corrected chi connectivity index (χ1v) is 2.58. The number of rotatable bonds is 3. The van der Waals surface area contributed by atoms with Crippen LogP contribution in [0.25, 0.3) is 0 Å². The Morgan fingerprint density at radius 1 is 1.20 bits per heavy atom. The number of carbonyl (C=O) groups is 1. The van der Waals surface area contributed by atoms with E-state index in [-0.39, 0.29) is 5.76 Å². The van der Waals surface area contributed by atoms with Crippen LogP contribution in [0.2, 0.25) is 0 Å². The third-order valence-electron chi connectivity index (χ3n) is 0.639. The Morgan fingerprint density at radius 2 is 1.70 bits per heavy atom. The van der Waals surface area contributed by atoms with Crippen molar-refractivity contribution in [1.29, 1.82) is 0 Å². The van der Waals surface area contributed by atoms with E-state index in [1.807, 2.05) is 0 Å². The fourth-order valence-corrected chi connectivity index (χ4v) is 0.305. The highest BCUT2D eigenvalue weighted by Crippen LogP contribution is 1.85. The molecule has 0 heterocycles. The number of allylic oxidation sites excluding steroid dienone is 3. The molecule has 0 saturated carbocycles. The Balaban J connectivity index is 3.73. The van der Waals surface area contributed by atoms with Gasteiger partial charge in [-0.3, -0.25) is 0 Å². The Bertz CT molecular complexity index is 167. The number of carboxylic acids is 1. The summed E-state index contributed by atoms with van der Waals surface area (Å²) in [6.45, 7) is 3.16. The zero-order valence-corrected chi connectivity index (χ0v) is 5.32. The van der Waals surface area contributed by atoms with Gasteiger partial charge in [0.2, 0.25) is 0 Å². The number of carboxylic acid groups (broad SMARTS) is 1. The van der Waals surface area contributed by atoms with Gasteiger partial charge in [-0.25, -0.2) is 4.79 Å². The highest BCUT2D eigenvalue weighted by atomic mass is 16.4. The SMILES string of the molecule is C=C(O)/C=C/C=C/C(=O)O. The summed E-state index contributed by atoms with van der Waals surface area (Å²) in [5, 5.41) is 16.5. The fraction of sp³-hybridized carbons (Fsp3) is 0. The lowest BCUT2D eigenvalue weighted by Gasteiger charge is -1.79. The second kappa shape index (κ2) is 4.38. The maximum absolute atomic E-state index is 9.84. The largest absolute Gasteiger partial charge is 0.509 e. The van der Waals surface area contributed by atoms with E-state index in [0.29, 0.717) is 0 Å². The molecule has 0 fully saturated rings. The van der Waals surface area contributed by atoms with E-state index in [0.717, 1.165) is 6.08 Å². The molecular weight excluding hydrogens is 132 g/mol. The second-order valence-corrected chi connectivity index (χ2v) is 1.55. The first kappa shape index (κ1) is 8.49. The van der Waals surface area contributed by atoms with Gasteiger partial charge < -0.3 is 10.2 Å². The van der Waals surface area contributed by atoms with Crippen LogP contribution in [-0.4, -0.2) is 16.2 Å². The van der Waals surface area contributed by atoms with E-state index in [1.165, 1.54) is 18.2 Å². The molecule has 0 amide bonds. The van der Waals surface area contributed by atoms with Crippen LogP contribution in [-0.2, 0) is 4.79 Å². The standard InChI is InChI=1S/C7H8O3/c1-6(8)4-2-3-5-7(9)10/h2-5,8H,1H2,(H,9,10)/b4-2+,5-3+. The van der Waals surface area contributed by atoms with Crippen LogP contribution in [0.15, 0.2) is 36.6 Å². The van der Waals surface area contributed by atoms with E-state index in [1.54, 1.807) is 0 Å². The molecule has 0 aromatic carbocycles. The predicted molar refractivity (Wildman–Crippen MR) is 37.7 cm³/mol. The van der Waals surface area contributed by atoms with Gasteiger partial charge in [-0.2, -0.15) is 0 Å². The Kier molecular flexibility index (Phi) is 3.72. The van der Waals surface area contributed by atoms with Crippen LogP contribution in [0.3, 0.4) is 0 Å². The number of aliphatic hydroxyl groups is 1. The fourth-order valence-electron chi connectivity index (χ4n) is 0.305. The summed E-state index contributed by atoms with van der Waals surface area (Å²) in [6.07, 6.45) is 4.93. The third kappa shape index (κ3) is 6.49. The Labute approximate surface area is 58.6 Å². The lowest BCUT2D eigenvalue weighted by molar-refractivity contribution is -0.131. The summed E-state index contributed by atoms with van der Waals surface area (Å²) in [4.78, 5) is 9.84. The van der Waals surface area contributed by atoms with Gasteiger partial charge in [0.25, 0.3) is 0 Å². The van der Waals surface area contributed by atoms with E-state index in [9.17, 15) is 4.79 Å². The molecule has 0 unspecified atom stereocenters. The molecule has 0 bridgehead atoms. The molecule has 2 N–H and O–H groups in total. The van der Waals surface area contributed by atoms with Crippen molar-refractivity contribution < 1.29 is 15.0 Å². The van der Waals surface area contributed by atoms with Crippen molar-refractivity contribution in [3.8, 4) is 0 Å². The summed E-state index contributed by atoms with van der Waals surface area (Å²) in [5.41, 5.74) is 0. The number of aliphatic hydroxyl groups excluding tert-OH is 1. The molecule has 0 aliphatic rings. The van der Waals surface area contributed by atoms with E-state index < -0.39 is 5.97 Å². The highest BCUT2D eigenvalue weighted by molar-refractivity contribution is 5.80. The Morgan fingerprint density at radius 3 is 2.10 bits per heavy atom. The summed E-state index contributed by atoms with van der Waals surface area (Å²) in [6, 6.07) is 0. The van der Waals surface area contributed by atoms with Crippen molar-refractivity contribution >= 4 is 5.97 Å². The van der Waals surface area contributed by atoms with Gasteiger partial charge >= 0.3 is 5.97 Å². The molecule has 54 valence electrons. The van der Waals surface area contributed by atoms with Gasteiger partial charge in [0.05, 0.1) is 0 Å². The molecule has 0 aromatic rings. The van der Waals surface area contributed by atoms with Crippen LogP contribution in [0.5, 0.6) is 0 Å². The molecule has 0 saturated heterocycles. The maximum atomic E-state index is 9.84. The van der Waals surface area contributed by atoms with Crippen molar-refractivity contribution in [2.24, 2.45) is 0 Å². The van der Waals surface area contributed by atoms with Crippen molar-refractivity contribution in [1.82, 2.24) is 0 Å². The monoisotopic (exact) mass is 140 g/mol. The molecule has 3 heteroatoms. The first-order chi connectivity index (χ1) is 4.63. The smallest absolute Gasteiger partial charge is 0.328 e. The number of aliphatic carboxylic acids is 1. The maximum Gasteiger partial charge on any atom is 0.328 e. The summed E-state index contributed by atoms with van der Waals surface area (Å²) in [7, 11) is 0. The molecule has 0 spiro atoms. The second-order valence-electron chi connectivity index (χ2n) is 1.55. The van der Waals surface area contributed by atoms with Gasteiger partial charge in [0, 0.05) is 6.08 Å². The zero-order chi connectivity index (χ0) is 7.98. The average Bonchev–Trinajstić information content (AvgIpc) is 1.79. The molecular formula is C7H8O3. The average molecular weight is 140 g/mol. The number of hydrogen-bond acceptors (Lipinski definition) is 2. The van der Waals surface area contributed by atoms with Crippen LogP contribution < -0.4 is 0 Å². The highest BCUT2D eigenvalue weighted by Gasteiger charge is 1.80. The van der Waals surface area contributed by atoms with Crippen molar-refractivity contribution in [2.45, 2.75) is 0 Å². The molecule has 0 radical (unpaired) electrons. The summed E-state index contributed by atoms with van der Waals surface area (Å²) in [5.74, 6) is -1.12.